The zero-order valence-electron chi connectivity index (χ0n) is 11.6. The lowest BCUT2D eigenvalue weighted by atomic mass is 10.1. The lowest BCUT2D eigenvalue weighted by Crippen LogP contribution is -2.42. The third kappa shape index (κ3) is 4.96. The minimum Gasteiger partial charge on any atom is -0.395 e. The maximum atomic E-state index is 12.4. The van der Waals surface area contributed by atoms with Crippen molar-refractivity contribution < 1.29 is 9.90 Å². The van der Waals surface area contributed by atoms with Crippen LogP contribution in [-0.2, 0) is 11.2 Å². The Morgan fingerprint density at radius 2 is 2.05 bits per heavy atom. The van der Waals surface area contributed by atoms with Crippen LogP contribution in [0.2, 0.25) is 0 Å². The van der Waals surface area contributed by atoms with E-state index in [1.807, 2.05) is 24.3 Å². The topological polar surface area (TPSA) is 40.5 Å². The lowest BCUT2D eigenvalue weighted by molar-refractivity contribution is -0.133. The largest absolute Gasteiger partial charge is 0.395 e. The van der Waals surface area contributed by atoms with Gasteiger partial charge in [0.05, 0.1) is 13.0 Å². The van der Waals surface area contributed by atoms with Crippen molar-refractivity contribution in [2.24, 2.45) is 0 Å². The normalized spacial score (nSPS) is 10.8. The second kappa shape index (κ2) is 8.33. The fourth-order valence-corrected chi connectivity index (χ4v) is 2.72. The van der Waals surface area contributed by atoms with Crippen LogP contribution < -0.4 is 0 Å². The molecule has 0 radical (unpaired) electrons. The van der Waals surface area contributed by atoms with Crippen molar-refractivity contribution in [3.05, 3.63) is 34.3 Å². The molecule has 1 aromatic rings. The van der Waals surface area contributed by atoms with E-state index in [0.717, 1.165) is 22.9 Å². The van der Waals surface area contributed by atoms with Gasteiger partial charge in [-0.25, -0.2) is 0 Å². The molecule has 0 unspecified atom stereocenters. The van der Waals surface area contributed by atoms with Crippen LogP contribution in [0.3, 0.4) is 0 Å². The highest BCUT2D eigenvalue weighted by atomic mass is 79.9. The number of halogens is 1. The number of benzene rings is 1. The summed E-state index contributed by atoms with van der Waals surface area (Å²) in [5.74, 6) is 0.0841. The molecule has 1 rings (SSSR count). The van der Waals surface area contributed by atoms with Gasteiger partial charge in [0.1, 0.15) is 0 Å². The third-order valence-corrected chi connectivity index (χ3v) is 3.78. The van der Waals surface area contributed by atoms with Gasteiger partial charge < -0.3 is 10.0 Å². The van der Waals surface area contributed by atoms with Crippen molar-refractivity contribution in [2.75, 3.05) is 13.2 Å². The van der Waals surface area contributed by atoms with Crippen LogP contribution in [0.25, 0.3) is 0 Å². The Kier molecular flexibility index (Phi) is 7.10. The van der Waals surface area contributed by atoms with E-state index in [0.29, 0.717) is 13.0 Å². The van der Waals surface area contributed by atoms with Crippen molar-refractivity contribution in [2.45, 2.75) is 39.2 Å². The summed E-state index contributed by atoms with van der Waals surface area (Å²) in [5, 5.41) is 9.13. The molecule has 0 aliphatic rings. The van der Waals surface area contributed by atoms with Crippen molar-refractivity contribution >= 4 is 21.8 Å². The monoisotopic (exact) mass is 327 g/mol. The first-order valence-electron chi connectivity index (χ1n) is 6.77. The highest BCUT2D eigenvalue weighted by Gasteiger charge is 2.20. The molecule has 0 bridgehead atoms. The van der Waals surface area contributed by atoms with Crippen molar-refractivity contribution in [1.82, 2.24) is 4.90 Å². The number of aliphatic hydroxyl groups is 1. The Morgan fingerprint density at radius 1 is 1.37 bits per heavy atom. The summed E-state index contributed by atoms with van der Waals surface area (Å²) in [7, 11) is 0. The van der Waals surface area contributed by atoms with Crippen LogP contribution in [0, 0.1) is 0 Å². The Bertz CT molecular complexity index is 405. The van der Waals surface area contributed by atoms with Gasteiger partial charge in [0.2, 0.25) is 5.91 Å². The fourth-order valence-electron chi connectivity index (χ4n) is 2.27. The molecule has 4 heteroatoms. The van der Waals surface area contributed by atoms with E-state index in [4.69, 9.17) is 5.11 Å². The first kappa shape index (κ1) is 16.2. The van der Waals surface area contributed by atoms with E-state index >= 15 is 0 Å². The Hall–Kier alpha value is -0.870. The molecule has 3 nitrogen and oxygen atoms in total. The van der Waals surface area contributed by atoms with Gasteiger partial charge in [-0.15, -0.1) is 0 Å². The Morgan fingerprint density at radius 3 is 2.58 bits per heavy atom. The van der Waals surface area contributed by atoms with E-state index in [1.165, 1.54) is 0 Å². The number of nitrogens with zero attached hydrogens (tertiary/aromatic N) is 1. The quantitative estimate of drug-likeness (QED) is 0.836. The molecule has 0 aliphatic carbocycles. The third-order valence-electron chi connectivity index (χ3n) is 3.29. The number of aliphatic hydroxyl groups excluding tert-OH is 1. The first-order valence-corrected chi connectivity index (χ1v) is 7.56. The molecule has 0 aliphatic heterocycles. The predicted octanol–water partition coefficient (Wildman–Crippen LogP) is 3.00. The summed E-state index contributed by atoms with van der Waals surface area (Å²) < 4.78 is 0.981. The Labute approximate surface area is 123 Å². The summed E-state index contributed by atoms with van der Waals surface area (Å²) in [6.45, 7) is 4.58. The van der Waals surface area contributed by atoms with E-state index in [2.05, 4.69) is 29.8 Å². The van der Waals surface area contributed by atoms with Crippen LogP contribution in [-0.4, -0.2) is 35.1 Å². The molecule has 1 N–H and O–H groups in total. The predicted molar refractivity (Wildman–Crippen MR) is 81.0 cm³/mol. The zero-order chi connectivity index (χ0) is 14.3. The molecular weight excluding hydrogens is 306 g/mol. The number of amides is 1. The van der Waals surface area contributed by atoms with Crippen molar-refractivity contribution in [3.8, 4) is 0 Å². The van der Waals surface area contributed by atoms with Gasteiger partial charge in [-0.3, -0.25) is 4.79 Å². The molecule has 1 aromatic carbocycles. The average Bonchev–Trinajstić information content (AvgIpc) is 2.39. The number of rotatable bonds is 7. The summed E-state index contributed by atoms with van der Waals surface area (Å²) in [5.41, 5.74) is 0.994. The molecule has 0 saturated carbocycles. The van der Waals surface area contributed by atoms with Gasteiger partial charge in [-0.05, 0) is 30.5 Å². The number of carbonyl (C=O) groups excluding carboxylic acids is 1. The van der Waals surface area contributed by atoms with Gasteiger partial charge in [-0.2, -0.15) is 0 Å². The van der Waals surface area contributed by atoms with Gasteiger partial charge in [-0.1, -0.05) is 41.9 Å². The van der Waals surface area contributed by atoms with Crippen LogP contribution in [0.4, 0.5) is 0 Å². The molecule has 1 amide bonds. The molecule has 106 valence electrons. The number of hydrogen-bond donors (Lipinski definition) is 1. The van der Waals surface area contributed by atoms with Gasteiger partial charge in [0.15, 0.2) is 0 Å². The second-order valence-corrected chi connectivity index (χ2v) is 5.50. The molecule has 0 spiro atoms. The van der Waals surface area contributed by atoms with Crippen LogP contribution in [0.15, 0.2) is 28.7 Å². The first-order chi connectivity index (χ1) is 9.12. The van der Waals surface area contributed by atoms with Gasteiger partial charge in [0, 0.05) is 17.1 Å². The van der Waals surface area contributed by atoms with Crippen LogP contribution in [0.5, 0.6) is 0 Å². The zero-order valence-corrected chi connectivity index (χ0v) is 13.2. The minimum atomic E-state index is 0.0146. The molecular formula is C15H22BrNO2. The summed E-state index contributed by atoms with van der Waals surface area (Å²) >= 11 is 3.41. The van der Waals surface area contributed by atoms with E-state index in [9.17, 15) is 4.79 Å². The average molecular weight is 328 g/mol. The van der Waals surface area contributed by atoms with E-state index < -0.39 is 0 Å². The minimum absolute atomic E-state index is 0.0146. The summed E-state index contributed by atoms with van der Waals surface area (Å²) in [6, 6.07) is 8.00. The van der Waals surface area contributed by atoms with E-state index in [1.54, 1.807) is 4.90 Å². The van der Waals surface area contributed by atoms with Crippen LogP contribution >= 0.6 is 15.9 Å². The van der Waals surface area contributed by atoms with Gasteiger partial charge >= 0.3 is 0 Å². The van der Waals surface area contributed by atoms with Gasteiger partial charge in [0.25, 0.3) is 0 Å². The molecule has 0 aromatic heterocycles. The maximum absolute atomic E-state index is 12.4. The summed E-state index contributed by atoms with van der Waals surface area (Å²) in [4.78, 5) is 14.2. The highest BCUT2D eigenvalue weighted by Crippen LogP contribution is 2.15. The standard InChI is InChI=1S/C15H22BrNO2/c1-3-14(4-2)17(8-9-18)15(19)11-12-6-5-7-13(16)10-12/h5-7,10,14,18H,3-4,8-9,11H2,1-2H3. The smallest absolute Gasteiger partial charge is 0.227 e. The highest BCUT2D eigenvalue weighted by molar-refractivity contribution is 9.10. The lowest BCUT2D eigenvalue weighted by Gasteiger charge is -2.30. The molecule has 0 fully saturated rings. The maximum Gasteiger partial charge on any atom is 0.227 e. The molecule has 19 heavy (non-hydrogen) atoms. The SMILES string of the molecule is CCC(CC)N(CCO)C(=O)Cc1cccc(Br)c1. The number of carbonyl (C=O) groups is 1. The van der Waals surface area contributed by atoms with Crippen molar-refractivity contribution in [3.63, 3.8) is 0 Å². The molecule has 0 atom stereocenters. The van der Waals surface area contributed by atoms with E-state index in [-0.39, 0.29) is 18.6 Å². The molecule has 0 heterocycles. The number of hydrogen-bond acceptors (Lipinski definition) is 2. The van der Waals surface area contributed by atoms with Crippen LogP contribution in [0.1, 0.15) is 32.3 Å². The Balaban J connectivity index is 2.76. The second-order valence-electron chi connectivity index (χ2n) is 4.59. The molecule has 0 saturated heterocycles. The van der Waals surface area contributed by atoms with Crippen molar-refractivity contribution in [1.29, 1.82) is 0 Å². The fraction of sp³-hybridized carbons (Fsp3) is 0.533. The summed E-state index contributed by atoms with van der Waals surface area (Å²) in [6.07, 6.45) is 2.22.